The fourth-order valence-electron chi connectivity index (χ4n) is 3.17. The number of anilines is 1. The minimum absolute atomic E-state index is 0.107. The van der Waals surface area contributed by atoms with Gasteiger partial charge in [-0.25, -0.2) is 4.79 Å². The maximum Gasteiger partial charge on any atom is 0.338 e. The van der Waals surface area contributed by atoms with E-state index in [1.54, 1.807) is 41.0 Å². The van der Waals surface area contributed by atoms with Gasteiger partial charge in [-0.2, -0.15) is 0 Å². The summed E-state index contributed by atoms with van der Waals surface area (Å²) < 4.78 is 5.29. The van der Waals surface area contributed by atoms with E-state index in [-0.39, 0.29) is 11.8 Å². The van der Waals surface area contributed by atoms with E-state index in [1.807, 2.05) is 0 Å². The van der Waals surface area contributed by atoms with Crippen molar-refractivity contribution in [1.82, 2.24) is 4.90 Å². The topological polar surface area (TPSA) is 66.9 Å². The van der Waals surface area contributed by atoms with E-state index in [0.29, 0.717) is 18.5 Å². The summed E-state index contributed by atoms with van der Waals surface area (Å²) in [6.45, 7) is 3.79. The molecule has 0 aromatic heterocycles. The lowest BCUT2D eigenvalue weighted by Gasteiger charge is -2.20. The molecule has 128 valence electrons. The fraction of sp³-hybridized carbons (Fsp3) is 0.500. The standard InChI is InChI=1S/C18H22N2O4/c1-13(17(22)19-10-2-3-11-19)24-18(23)14-6-8-15(9-7-14)20-12-4-5-16(20)21/h6-9,13H,2-5,10-12H2,1H3/t13-/m1/s1. The molecule has 0 bridgehead atoms. The molecule has 2 saturated heterocycles. The Hall–Kier alpha value is -2.37. The Labute approximate surface area is 141 Å². The number of nitrogens with zero attached hydrogens (tertiary/aromatic N) is 2. The SMILES string of the molecule is C[C@@H](OC(=O)c1ccc(N2CCCC2=O)cc1)C(=O)N1CCCC1. The number of ether oxygens (including phenoxy) is 1. The molecule has 1 atom stereocenters. The van der Waals surface area contributed by atoms with Crippen LogP contribution in [0.25, 0.3) is 0 Å². The summed E-state index contributed by atoms with van der Waals surface area (Å²) >= 11 is 0. The van der Waals surface area contributed by atoms with Gasteiger partial charge in [-0.05, 0) is 50.5 Å². The molecule has 2 amide bonds. The molecule has 24 heavy (non-hydrogen) atoms. The first-order valence-corrected chi connectivity index (χ1v) is 8.46. The molecule has 0 saturated carbocycles. The minimum atomic E-state index is -0.782. The summed E-state index contributed by atoms with van der Waals surface area (Å²) in [5.74, 6) is -0.551. The van der Waals surface area contributed by atoms with Crippen molar-refractivity contribution in [2.45, 2.75) is 38.7 Å². The number of hydrogen-bond donors (Lipinski definition) is 0. The lowest BCUT2D eigenvalue weighted by atomic mass is 10.2. The van der Waals surface area contributed by atoms with Gasteiger partial charge < -0.3 is 14.5 Å². The van der Waals surface area contributed by atoms with Crippen molar-refractivity contribution in [3.8, 4) is 0 Å². The molecule has 0 spiro atoms. The van der Waals surface area contributed by atoms with E-state index < -0.39 is 12.1 Å². The van der Waals surface area contributed by atoms with E-state index in [2.05, 4.69) is 0 Å². The molecule has 0 radical (unpaired) electrons. The third-order valence-electron chi connectivity index (χ3n) is 4.54. The van der Waals surface area contributed by atoms with Crippen molar-refractivity contribution >= 4 is 23.5 Å². The average molecular weight is 330 g/mol. The van der Waals surface area contributed by atoms with Gasteiger partial charge in [0.05, 0.1) is 5.56 Å². The first kappa shape index (κ1) is 16.5. The van der Waals surface area contributed by atoms with Crippen LogP contribution in [-0.4, -0.2) is 48.4 Å². The lowest BCUT2D eigenvalue weighted by molar-refractivity contribution is -0.138. The summed E-state index contributed by atoms with van der Waals surface area (Å²) in [4.78, 5) is 39.6. The van der Waals surface area contributed by atoms with Crippen LogP contribution in [0.15, 0.2) is 24.3 Å². The van der Waals surface area contributed by atoms with Crippen molar-refractivity contribution in [2.24, 2.45) is 0 Å². The summed E-state index contributed by atoms with van der Waals surface area (Å²) in [7, 11) is 0. The Bertz CT molecular complexity index is 635. The number of rotatable bonds is 4. The number of amides is 2. The second-order valence-electron chi connectivity index (χ2n) is 6.28. The van der Waals surface area contributed by atoms with Crippen LogP contribution in [0.3, 0.4) is 0 Å². The smallest absolute Gasteiger partial charge is 0.338 e. The molecule has 2 aliphatic rings. The molecule has 6 heteroatoms. The highest BCUT2D eigenvalue weighted by molar-refractivity contribution is 5.96. The van der Waals surface area contributed by atoms with E-state index in [9.17, 15) is 14.4 Å². The van der Waals surface area contributed by atoms with Crippen LogP contribution in [0.4, 0.5) is 5.69 Å². The summed E-state index contributed by atoms with van der Waals surface area (Å²) in [6.07, 6.45) is 2.65. The van der Waals surface area contributed by atoms with Gasteiger partial charge in [0.1, 0.15) is 0 Å². The van der Waals surface area contributed by atoms with Crippen LogP contribution in [0.1, 0.15) is 43.0 Å². The molecule has 2 aliphatic heterocycles. The quantitative estimate of drug-likeness (QED) is 0.792. The summed E-state index contributed by atoms with van der Waals surface area (Å²) in [6, 6.07) is 6.76. The third kappa shape index (κ3) is 3.42. The maximum atomic E-state index is 12.2. The Morgan fingerprint density at radius 3 is 2.29 bits per heavy atom. The fourth-order valence-corrected chi connectivity index (χ4v) is 3.17. The van der Waals surface area contributed by atoms with E-state index >= 15 is 0 Å². The van der Waals surface area contributed by atoms with Gasteiger partial charge in [-0.1, -0.05) is 0 Å². The first-order valence-electron chi connectivity index (χ1n) is 8.46. The van der Waals surface area contributed by atoms with Gasteiger partial charge in [0, 0.05) is 31.7 Å². The van der Waals surface area contributed by atoms with Crippen molar-refractivity contribution in [1.29, 1.82) is 0 Å². The van der Waals surface area contributed by atoms with Gasteiger partial charge in [0.2, 0.25) is 5.91 Å². The number of benzene rings is 1. The van der Waals surface area contributed by atoms with Gasteiger partial charge in [-0.3, -0.25) is 9.59 Å². The Balaban J connectivity index is 1.60. The number of carbonyl (C=O) groups excluding carboxylic acids is 3. The lowest BCUT2D eigenvalue weighted by Crippen LogP contribution is -2.38. The van der Waals surface area contributed by atoms with Crippen LogP contribution in [0.2, 0.25) is 0 Å². The number of esters is 1. The second-order valence-corrected chi connectivity index (χ2v) is 6.28. The zero-order chi connectivity index (χ0) is 17.1. The molecule has 6 nitrogen and oxygen atoms in total. The number of hydrogen-bond acceptors (Lipinski definition) is 4. The molecule has 0 N–H and O–H groups in total. The van der Waals surface area contributed by atoms with E-state index in [1.165, 1.54) is 0 Å². The largest absolute Gasteiger partial charge is 0.449 e. The zero-order valence-corrected chi connectivity index (χ0v) is 13.9. The molecule has 2 fully saturated rings. The minimum Gasteiger partial charge on any atom is -0.449 e. The molecule has 0 unspecified atom stereocenters. The monoisotopic (exact) mass is 330 g/mol. The zero-order valence-electron chi connectivity index (χ0n) is 13.9. The third-order valence-corrected chi connectivity index (χ3v) is 4.54. The predicted molar refractivity (Wildman–Crippen MR) is 88.7 cm³/mol. The molecular weight excluding hydrogens is 308 g/mol. The number of carbonyl (C=O) groups is 3. The maximum absolute atomic E-state index is 12.2. The van der Waals surface area contributed by atoms with Crippen molar-refractivity contribution in [2.75, 3.05) is 24.5 Å². The van der Waals surface area contributed by atoms with E-state index in [0.717, 1.165) is 38.0 Å². The van der Waals surface area contributed by atoms with Crippen LogP contribution in [0.5, 0.6) is 0 Å². The molecular formula is C18H22N2O4. The first-order chi connectivity index (χ1) is 11.6. The van der Waals surface area contributed by atoms with Gasteiger partial charge >= 0.3 is 5.97 Å². The summed E-state index contributed by atoms with van der Waals surface area (Å²) in [5, 5.41) is 0. The van der Waals surface area contributed by atoms with Crippen molar-refractivity contribution in [3.63, 3.8) is 0 Å². The highest BCUT2D eigenvalue weighted by atomic mass is 16.5. The normalized spacial score (nSPS) is 18.8. The Morgan fingerprint density at radius 1 is 1.04 bits per heavy atom. The van der Waals surface area contributed by atoms with Crippen LogP contribution in [-0.2, 0) is 14.3 Å². The Morgan fingerprint density at radius 2 is 1.71 bits per heavy atom. The molecule has 0 aliphatic carbocycles. The van der Waals surface area contributed by atoms with Gasteiger partial charge in [0.15, 0.2) is 6.10 Å². The van der Waals surface area contributed by atoms with Crippen molar-refractivity contribution < 1.29 is 19.1 Å². The number of likely N-dealkylation sites (tertiary alicyclic amines) is 1. The molecule has 1 aromatic rings. The highest BCUT2D eigenvalue weighted by Gasteiger charge is 2.26. The van der Waals surface area contributed by atoms with Gasteiger partial charge in [0.25, 0.3) is 5.91 Å². The van der Waals surface area contributed by atoms with Gasteiger partial charge in [-0.15, -0.1) is 0 Å². The summed E-state index contributed by atoms with van der Waals surface area (Å²) in [5.41, 5.74) is 1.17. The second kappa shape index (κ2) is 7.03. The van der Waals surface area contributed by atoms with E-state index in [4.69, 9.17) is 4.74 Å². The molecule has 1 aromatic carbocycles. The van der Waals surface area contributed by atoms with Crippen molar-refractivity contribution in [3.05, 3.63) is 29.8 Å². The Kier molecular flexibility index (Phi) is 4.83. The average Bonchev–Trinajstić information content (AvgIpc) is 3.25. The molecule has 3 rings (SSSR count). The highest BCUT2D eigenvalue weighted by Crippen LogP contribution is 2.22. The predicted octanol–water partition coefficient (Wildman–Crippen LogP) is 1.98. The molecule has 2 heterocycles. The van der Waals surface area contributed by atoms with Crippen LogP contribution < -0.4 is 4.90 Å². The van der Waals surface area contributed by atoms with Crippen LogP contribution >= 0.6 is 0 Å². The van der Waals surface area contributed by atoms with Crippen LogP contribution in [0, 0.1) is 0 Å².